The lowest BCUT2D eigenvalue weighted by Gasteiger charge is -2.22. The molecule has 0 atom stereocenters. The predicted octanol–water partition coefficient (Wildman–Crippen LogP) is 3.23. The van der Waals surface area contributed by atoms with E-state index in [9.17, 15) is 4.79 Å². The van der Waals surface area contributed by atoms with Gasteiger partial charge in [0.1, 0.15) is 5.75 Å². The number of rotatable bonds is 5. The van der Waals surface area contributed by atoms with Gasteiger partial charge in [-0.1, -0.05) is 12.1 Å². The predicted molar refractivity (Wildman–Crippen MR) is 112 cm³/mol. The number of ether oxygens (including phenoxy) is 1. The van der Waals surface area contributed by atoms with Gasteiger partial charge in [-0.3, -0.25) is 9.69 Å². The highest BCUT2D eigenvalue weighted by molar-refractivity contribution is 5.94. The zero-order valence-electron chi connectivity index (χ0n) is 16.7. The maximum atomic E-state index is 13.0. The van der Waals surface area contributed by atoms with Gasteiger partial charge in [0.2, 0.25) is 0 Å². The highest BCUT2D eigenvalue weighted by Crippen LogP contribution is 2.16. The SMILES string of the molecule is COc1ccc(CN2CCCN(C(=O)c3ccc(-n4cccn4)cc3)CC2)cc1. The third-order valence-corrected chi connectivity index (χ3v) is 5.32. The van der Waals surface area contributed by atoms with Gasteiger partial charge in [0.05, 0.1) is 12.8 Å². The lowest BCUT2D eigenvalue weighted by Crippen LogP contribution is -2.35. The molecule has 0 spiro atoms. The van der Waals surface area contributed by atoms with Gasteiger partial charge in [-0.05, 0) is 54.4 Å². The van der Waals surface area contributed by atoms with Crippen molar-refractivity contribution in [1.29, 1.82) is 0 Å². The zero-order chi connectivity index (χ0) is 20.1. The van der Waals surface area contributed by atoms with E-state index >= 15 is 0 Å². The van der Waals surface area contributed by atoms with Gasteiger partial charge in [0.25, 0.3) is 5.91 Å². The first-order valence-corrected chi connectivity index (χ1v) is 9.97. The number of hydrogen-bond donors (Lipinski definition) is 0. The van der Waals surface area contributed by atoms with Crippen LogP contribution in [0.15, 0.2) is 67.0 Å². The van der Waals surface area contributed by atoms with Crippen LogP contribution in [0, 0.1) is 0 Å². The Kier molecular flexibility index (Phi) is 5.91. The number of hydrogen-bond acceptors (Lipinski definition) is 4. The number of aromatic nitrogens is 2. The first-order valence-electron chi connectivity index (χ1n) is 9.97. The smallest absolute Gasteiger partial charge is 0.253 e. The molecule has 0 saturated carbocycles. The van der Waals surface area contributed by atoms with Crippen molar-refractivity contribution in [1.82, 2.24) is 19.6 Å². The van der Waals surface area contributed by atoms with Crippen molar-refractivity contribution in [3.8, 4) is 11.4 Å². The molecular formula is C23H26N4O2. The van der Waals surface area contributed by atoms with Gasteiger partial charge in [-0.25, -0.2) is 4.68 Å². The van der Waals surface area contributed by atoms with E-state index in [-0.39, 0.29) is 5.91 Å². The molecule has 1 aliphatic heterocycles. The van der Waals surface area contributed by atoms with Crippen LogP contribution in [0.2, 0.25) is 0 Å². The summed E-state index contributed by atoms with van der Waals surface area (Å²) in [5.74, 6) is 0.975. The van der Waals surface area contributed by atoms with Crippen LogP contribution in [-0.2, 0) is 6.54 Å². The van der Waals surface area contributed by atoms with E-state index < -0.39 is 0 Å². The minimum absolute atomic E-state index is 0.100. The highest BCUT2D eigenvalue weighted by atomic mass is 16.5. The van der Waals surface area contributed by atoms with Crippen molar-refractivity contribution in [2.45, 2.75) is 13.0 Å². The molecule has 0 radical (unpaired) electrons. The molecule has 1 aromatic heterocycles. The number of carbonyl (C=O) groups is 1. The molecule has 0 aliphatic carbocycles. The number of carbonyl (C=O) groups excluding carboxylic acids is 1. The Bertz CT molecular complexity index is 921. The molecule has 4 rings (SSSR count). The first kappa shape index (κ1) is 19.2. The van der Waals surface area contributed by atoms with E-state index in [1.54, 1.807) is 18.0 Å². The summed E-state index contributed by atoms with van der Waals surface area (Å²) in [4.78, 5) is 17.3. The summed E-state index contributed by atoms with van der Waals surface area (Å²) >= 11 is 0. The number of methoxy groups -OCH3 is 1. The molecule has 1 amide bonds. The monoisotopic (exact) mass is 390 g/mol. The molecule has 1 fully saturated rings. The second-order valence-electron chi connectivity index (χ2n) is 7.27. The summed E-state index contributed by atoms with van der Waals surface area (Å²) < 4.78 is 7.02. The summed E-state index contributed by atoms with van der Waals surface area (Å²) in [5, 5.41) is 4.22. The topological polar surface area (TPSA) is 50.6 Å². The van der Waals surface area contributed by atoms with Crippen LogP contribution in [-0.4, -0.2) is 58.8 Å². The van der Waals surface area contributed by atoms with Crippen LogP contribution < -0.4 is 4.74 Å². The van der Waals surface area contributed by atoms with Crippen LogP contribution >= 0.6 is 0 Å². The summed E-state index contributed by atoms with van der Waals surface area (Å²) in [6.45, 7) is 4.30. The minimum Gasteiger partial charge on any atom is -0.497 e. The molecule has 1 aliphatic rings. The average molecular weight is 390 g/mol. The maximum Gasteiger partial charge on any atom is 0.253 e. The van der Waals surface area contributed by atoms with Gasteiger partial charge in [-0.15, -0.1) is 0 Å². The Balaban J connectivity index is 1.35. The molecule has 1 saturated heterocycles. The molecule has 150 valence electrons. The molecule has 0 bridgehead atoms. The molecule has 0 N–H and O–H groups in total. The maximum absolute atomic E-state index is 13.0. The molecule has 6 heteroatoms. The Morgan fingerprint density at radius 1 is 1.00 bits per heavy atom. The first-order chi connectivity index (χ1) is 14.2. The second-order valence-corrected chi connectivity index (χ2v) is 7.27. The second kappa shape index (κ2) is 8.92. The summed E-state index contributed by atoms with van der Waals surface area (Å²) in [5.41, 5.74) is 2.94. The third-order valence-electron chi connectivity index (χ3n) is 5.32. The van der Waals surface area contributed by atoms with Crippen molar-refractivity contribution < 1.29 is 9.53 Å². The van der Waals surface area contributed by atoms with Gasteiger partial charge in [0, 0.05) is 50.7 Å². The fourth-order valence-electron chi connectivity index (χ4n) is 3.68. The van der Waals surface area contributed by atoms with Crippen molar-refractivity contribution >= 4 is 5.91 Å². The van der Waals surface area contributed by atoms with Crippen molar-refractivity contribution in [2.24, 2.45) is 0 Å². The van der Waals surface area contributed by atoms with E-state index in [4.69, 9.17) is 4.74 Å². The van der Waals surface area contributed by atoms with E-state index in [1.165, 1.54) is 5.56 Å². The van der Waals surface area contributed by atoms with Crippen molar-refractivity contribution in [3.63, 3.8) is 0 Å². The Hall–Kier alpha value is -3.12. The van der Waals surface area contributed by atoms with Crippen molar-refractivity contribution in [2.75, 3.05) is 33.3 Å². The van der Waals surface area contributed by atoms with Crippen LogP contribution in [0.25, 0.3) is 5.69 Å². The van der Waals surface area contributed by atoms with Gasteiger partial charge >= 0.3 is 0 Å². The largest absolute Gasteiger partial charge is 0.497 e. The average Bonchev–Trinajstić information content (AvgIpc) is 3.21. The van der Waals surface area contributed by atoms with E-state index in [1.807, 2.05) is 53.6 Å². The molecule has 3 aromatic rings. The molecular weight excluding hydrogens is 364 g/mol. The zero-order valence-corrected chi connectivity index (χ0v) is 16.7. The van der Waals surface area contributed by atoms with Gasteiger partial charge in [-0.2, -0.15) is 5.10 Å². The van der Waals surface area contributed by atoms with Crippen LogP contribution in [0.1, 0.15) is 22.3 Å². The van der Waals surface area contributed by atoms with E-state index in [0.29, 0.717) is 0 Å². The molecule has 2 heterocycles. The van der Waals surface area contributed by atoms with Gasteiger partial charge < -0.3 is 9.64 Å². The number of amides is 1. The quantitative estimate of drug-likeness (QED) is 0.671. The highest BCUT2D eigenvalue weighted by Gasteiger charge is 2.20. The summed E-state index contributed by atoms with van der Waals surface area (Å²) in [6, 6.07) is 17.7. The van der Waals surface area contributed by atoms with Crippen molar-refractivity contribution in [3.05, 3.63) is 78.1 Å². The van der Waals surface area contributed by atoms with Gasteiger partial charge in [0.15, 0.2) is 0 Å². The van der Waals surface area contributed by atoms with E-state index in [0.717, 1.165) is 56.1 Å². The fourth-order valence-corrected chi connectivity index (χ4v) is 3.68. The Labute approximate surface area is 171 Å². The number of nitrogens with zero attached hydrogens (tertiary/aromatic N) is 4. The normalized spacial score (nSPS) is 15.1. The molecule has 29 heavy (non-hydrogen) atoms. The Morgan fingerprint density at radius 3 is 2.48 bits per heavy atom. The Morgan fingerprint density at radius 2 is 1.79 bits per heavy atom. The lowest BCUT2D eigenvalue weighted by atomic mass is 10.1. The number of benzene rings is 2. The molecule has 6 nitrogen and oxygen atoms in total. The molecule has 2 aromatic carbocycles. The van der Waals surface area contributed by atoms with Crippen LogP contribution in [0.4, 0.5) is 0 Å². The van der Waals surface area contributed by atoms with Crippen LogP contribution in [0.3, 0.4) is 0 Å². The third kappa shape index (κ3) is 4.66. The fraction of sp³-hybridized carbons (Fsp3) is 0.304. The molecule has 0 unspecified atom stereocenters. The standard InChI is InChI=1S/C23H26N4O2/c1-29-22-10-4-19(5-11-22)18-25-13-3-14-26(17-16-25)23(28)20-6-8-21(9-7-20)27-15-2-12-24-27/h2,4-12,15H,3,13-14,16-18H2,1H3. The lowest BCUT2D eigenvalue weighted by molar-refractivity contribution is 0.0761. The van der Waals surface area contributed by atoms with Crippen LogP contribution in [0.5, 0.6) is 5.75 Å². The summed E-state index contributed by atoms with van der Waals surface area (Å²) in [7, 11) is 1.68. The summed E-state index contributed by atoms with van der Waals surface area (Å²) in [6.07, 6.45) is 4.62. The van der Waals surface area contributed by atoms with E-state index in [2.05, 4.69) is 22.1 Å². The minimum atomic E-state index is 0.100.